The van der Waals surface area contributed by atoms with Crippen molar-refractivity contribution in [3.05, 3.63) is 0 Å². The molecule has 11 heavy (non-hydrogen) atoms. The molecule has 0 aromatic heterocycles. The van der Waals surface area contributed by atoms with E-state index in [9.17, 15) is 5.11 Å². The van der Waals surface area contributed by atoms with Gasteiger partial charge in [-0.2, -0.15) is 0 Å². The first kappa shape index (κ1) is 6.47. The Morgan fingerprint density at radius 2 is 2.09 bits per heavy atom. The molecule has 0 unspecified atom stereocenters. The van der Waals surface area contributed by atoms with Gasteiger partial charge in [0.05, 0.1) is 6.10 Å². The lowest BCUT2D eigenvalue weighted by atomic mass is 9.79. The number of aliphatic hydroxyl groups is 1. The Kier molecular flexibility index (Phi) is 1.07. The molecule has 3 aliphatic carbocycles. The van der Waals surface area contributed by atoms with Crippen LogP contribution in [0.15, 0.2) is 0 Å². The Morgan fingerprint density at radius 1 is 1.18 bits per heavy atom. The van der Waals surface area contributed by atoms with Crippen LogP contribution >= 0.6 is 0 Å². The van der Waals surface area contributed by atoms with Crippen LogP contribution in [0.1, 0.15) is 38.5 Å². The minimum atomic E-state index is 0.0775. The summed E-state index contributed by atoms with van der Waals surface area (Å²) in [5.74, 6) is 1.84. The molecule has 1 nitrogen and oxygen atoms in total. The quantitative estimate of drug-likeness (QED) is 0.562. The van der Waals surface area contributed by atoms with Gasteiger partial charge in [-0.1, -0.05) is 6.42 Å². The van der Waals surface area contributed by atoms with Gasteiger partial charge in [0.25, 0.3) is 0 Å². The van der Waals surface area contributed by atoms with Crippen LogP contribution in [0.2, 0.25) is 0 Å². The van der Waals surface area contributed by atoms with E-state index in [0.29, 0.717) is 5.41 Å². The summed E-state index contributed by atoms with van der Waals surface area (Å²) in [5.41, 5.74) is 0.435. The molecule has 1 heteroatoms. The van der Waals surface area contributed by atoms with Gasteiger partial charge in [0.2, 0.25) is 0 Å². The molecule has 3 rings (SSSR count). The molecule has 3 aliphatic rings. The highest BCUT2D eigenvalue weighted by molar-refractivity contribution is 5.10. The summed E-state index contributed by atoms with van der Waals surface area (Å²) in [6.45, 7) is 0. The second-order valence-electron chi connectivity index (χ2n) is 4.78. The van der Waals surface area contributed by atoms with E-state index < -0.39 is 0 Å². The molecule has 0 saturated heterocycles. The van der Waals surface area contributed by atoms with Crippen LogP contribution in [-0.2, 0) is 0 Å². The van der Waals surface area contributed by atoms with Crippen LogP contribution in [-0.4, -0.2) is 11.2 Å². The third-order valence-corrected chi connectivity index (χ3v) is 4.64. The zero-order valence-corrected chi connectivity index (χ0v) is 6.92. The Morgan fingerprint density at radius 3 is 2.82 bits per heavy atom. The van der Waals surface area contributed by atoms with Crippen molar-refractivity contribution in [1.29, 1.82) is 0 Å². The molecule has 0 radical (unpaired) electrons. The molecule has 0 aliphatic heterocycles. The molecule has 3 saturated carbocycles. The molecule has 62 valence electrons. The Balaban J connectivity index is 2.03. The molecular weight excluding hydrogens is 136 g/mol. The van der Waals surface area contributed by atoms with E-state index in [0.717, 1.165) is 18.3 Å². The van der Waals surface area contributed by atoms with Crippen molar-refractivity contribution in [2.45, 2.75) is 44.6 Å². The molecule has 0 aromatic carbocycles. The smallest absolute Gasteiger partial charge is 0.0601 e. The van der Waals surface area contributed by atoms with E-state index in [1.165, 1.54) is 32.1 Å². The van der Waals surface area contributed by atoms with Gasteiger partial charge in [-0.05, 0) is 49.4 Å². The van der Waals surface area contributed by atoms with E-state index in [2.05, 4.69) is 0 Å². The van der Waals surface area contributed by atoms with Crippen molar-refractivity contribution in [1.82, 2.24) is 0 Å². The Bertz CT molecular complexity index is 185. The molecule has 1 N–H and O–H groups in total. The van der Waals surface area contributed by atoms with Gasteiger partial charge < -0.3 is 5.11 Å². The first-order valence-corrected chi connectivity index (χ1v) is 5.01. The average Bonchev–Trinajstić information content (AvgIpc) is 2.54. The van der Waals surface area contributed by atoms with Gasteiger partial charge in [0.15, 0.2) is 0 Å². The van der Waals surface area contributed by atoms with Gasteiger partial charge in [-0.3, -0.25) is 0 Å². The molecule has 0 aromatic rings. The minimum absolute atomic E-state index is 0.0775. The number of rotatable bonds is 0. The summed E-state index contributed by atoms with van der Waals surface area (Å²) in [6.07, 6.45) is 8.10. The lowest BCUT2D eigenvalue weighted by molar-refractivity contribution is 0.0331. The van der Waals surface area contributed by atoms with Gasteiger partial charge in [-0.25, -0.2) is 0 Å². The van der Waals surface area contributed by atoms with Crippen LogP contribution in [0.5, 0.6) is 0 Å². The zero-order valence-electron chi connectivity index (χ0n) is 6.92. The van der Waals surface area contributed by atoms with E-state index in [1.54, 1.807) is 0 Å². The van der Waals surface area contributed by atoms with Gasteiger partial charge >= 0.3 is 0 Å². The molecule has 4 atom stereocenters. The highest BCUT2D eigenvalue weighted by Crippen LogP contribution is 2.65. The lowest BCUT2D eigenvalue weighted by Gasteiger charge is -2.30. The third-order valence-electron chi connectivity index (χ3n) is 4.64. The summed E-state index contributed by atoms with van der Waals surface area (Å²) in [7, 11) is 0. The highest BCUT2D eigenvalue weighted by atomic mass is 16.3. The first-order valence-electron chi connectivity index (χ1n) is 5.01. The zero-order chi connectivity index (χ0) is 7.47. The van der Waals surface area contributed by atoms with E-state index >= 15 is 0 Å². The average molecular weight is 152 g/mol. The summed E-state index contributed by atoms with van der Waals surface area (Å²) in [4.78, 5) is 0. The maximum absolute atomic E-state index is 9.88. The fourth-order valence-electron chi connectivity index (χ4n) is 4.18. The maximum atomic E-state index is 9.88. The summed E-state index contributed by atoms with van der Waals surface area (Å²) in [5, 5.41) is 9.88. The number of hydrogen-bond acceptors (Lipinski definition) is 1. The summed E-state index contributed by atoms with van der Waals surface area (Å²) >= 11 is 0. The Labute approximate surface area is 67.8 Å². The first-order chi connectivity index (χ1) is 5.33. The molecule has 0 amide bonds. The normalized spacial score (nSPS) is 60.3. The molecular formula is C10H16O. The Hall–Kier alpha value is -0.0400. The topological polar surface area (TPSA) is 20.2 Å². The van der Waals surface area contributed by atoms with E-state index in [-0.39, 0.29) is 6.10 Å². The third kappa shape index (κ3) is 0.581. The second kappa shape index (κ2) is 1.82. The largest absolute Gasteiger partial charge is 0.393 e. The molecule has 2 bridgehead atoms. The van der Waals surface area contributed by atoms with Crippen molar-refractivity contribution < 1.29 is 5.11 Å². The van der Waals surface area contributed by atoms with Gasteiger partial charge in [-0.15, -0.1) is 0 Å². The monoisotopic (exact) mass is 152 g/mol. The van der Waals surface area contributed by atoms with Crippen molar-refractivity contribution >= 4 is 0 Å². The van der Waals surface area contributed by atoms with Crippen molar-refractivity contribution in [2.24, 2.45) is 17.3 Å². The van der Waals surface area contributed by atoms with Crippen molar-refractivity contribution in [3.63, 3.8) is 0 Å². The second-order valence-corrected chi connectivity index (χ2v) is 4.78. The summed E-state index contributed by atoms with van der Waals surface area (Å²) in [6, 6.07) is 0. The molecule has 0 spiro atoms. The van der Waals surface area contributed by atoms with Crippen LogP contribution in [0, 0.1) is 17.3 Å². The fraction of sp³-hybridized carbons (Fsp3) is 1.00. The van der Waals surface area contributed by atoms with Gasteiger partial charge in [0.1, 0.15) is 0 Å². The van der Waals surface area contributed by atoms with E-state index in [4.69, 9.17) is 0 Å². The van der Waals surface area contributed by atoms with Crippen LogP contribution in [0.3, 0.4) is 0 Å². The number of hydrogen-bond donors (Lipinski definition) is 1. The molecule has 0 heterocycles. The van der Waals surface area contributed by atoms with Crippen LogP contribution < -0.4 is 0 Å². The predicted molar refractivity (Wildman–Crippen MR) is 43.1 cm³/mol. The van der Waals surface area contributed by atoms with Gasteiger partial charge in [0, 0.05) is 0 Å². The SMILES string of the molecule is O[C@@H]1C[C@H]2CC[C@@]13CCC[C@@H]23. The van der Waals surface area contributed by atoms with E-state index in [1.807, 2.05) is 0 Å². The summed E-state index contributed by atoms with van der Waals surface area (Å²) < 4.78 is 0. The fourth-order valence-corrected chi connectivity index (χ4v) is 4.18. The standard InChI is InChI=1S/C10H16O/c11-9-6-7-3-5-10(9)4-1-2-8(7)10/h7-9,11H,1-6H2/t7-,8+,9-,10-/m1/s1. The maximum Gasteiger partial charge on any atom is 0.0601 e. The van der Waals surface area contributed by atoms with Crippen molar-refractivity contribution in [3.8, 4) is 0 Å². The van der Waals surface area contributed by atoms with Crippen molar-refractivity contribution in [2.75, 3.05) is 0 Å². The number of aliphatic hydroxyl groups excluding tert-OH is 1. The predicted octanol–water partition coefficient (Wildman–Crippen LogP) is 1.95. The highest BCUT2D eigenvalue weighted by Gasteiger charge is 2.60. The lowest BCUT2D eigenvalue weighted by Crippen LogP contribution is -2.30. The van der Waals surface area contributed by atoms with Crippen LogP contribution in [0.4, 0.5) is 0 Å². The minimum Gasteiger partial charge on any atom is -0.393 e. The van der Waals surface area contributed by atoms with Crippen LogP contribution in [0.25, 0.3) is 0 Å². The molecule has 3 fully saturated rings.